The highest BCUT2D eigenvalue weighted by Crippen LogP contribution is 2.61. The topological polar surface area (TPSA) is 55.1 Å². The smallest absolute Gasteiger partial charge is 0.273 e. The number of rotatable bonds is 3. The third-order valence-electron chi connectivity index (χ3n) is 6.21. The Kier molecular flexibility index (Phi) is 2.92. The number of hydrogen-bond acceptors (Lipinski definition) is 3. The molecule has 1 aromatic heterocycles. The van der Waals surface area contributed by atoms with Crippen LogP contribution in [0.4, 0.5) is 0 Å². The first-order valence-corrected chi connectivity index (χ1v) is 8.28. The molecule has 4 saturated carbocycles. The number of carbonyl (C=O) groups is 1. The molecule has 4 bridgehead atoms. The fraction of sp³-hybridized carbons (Fsp3) is 0.765. The van der Waals surface area contributed by atoms with Gasteiger partial charge in [-0.1, -0.05) is 5.16 Å². The zero-order valence-electron chi connectivity index (χ0n) is 12.9. The van der Waals surface area contributed by atoms with Gasteiger partial charge in [-0.05, 0) is 75.5 Å². The van der Waals surface area contributed by atoms with Crippen LogP contribution in [0.25, 0.3) is 0 Å². The summed E-state index contributed by atoms with van der Waals surface area (Å²) in [6, 6.07) is 1.94. The lowest BCUT2D eigenvalue weighted by molar-refractivity contribution is -0.0688. The molecule has 4 aliphatic rings. The maximum Gasteiger partial charge on any atom is 0.273 e. The molecule has 5 rings (SSSR count). The van der Waals surface area contributed by atoms with Crippen LogP contribution in [0.1, 0.15) is 61.7 Å². The minimum atomic E-state index is -0.0879. The number of carbonyl (C=O) groups excluding carboxylic acids is 1. The summed E-state index contributed by atoms with van der Waals surface area (Å²) in [5, 5.41) is 7.03. The van der Waals surface area contributed by atoms with E-state index >= 15 is 0 Å². The average molecular weight is 288 g/mol. The van der Waals surface area contributed by atoms with Gasteiger partial charge in [-0.3, -0.25) is 4.79 Å². The Hall–Kier alpha value is -1.32. The van der Waals surface area contributed by atoms with E-state index in [0.29, 0.717) is 16.9 Å². The number of aryl methyl sites for hydroxylation is 1. The second-order valence-corrected chi connectivity index (χ2v) is 7.80. The lowest BCUT2D eigenvalue weighted by Gasteiger charge is -2.59. The fourth-order valence-electron chi connectivity index (χ4n) is 5.61. The van der Waals surface area contributed by atoms with Gasteiger partial charge < -0.3 is 9.84 Å². The van der Waals surface area contributed by atoms with Crippen LogP contribution in [0, 0.1) is 30.1 Å². The molecule has 1 amide bonds. The lowest BCUT2D eigenvalue weighted by atomic mass is 9.48. The van der Waals surface area contributed by atoms with Gasteiger partial charge in [-0.15, -0.1) is 0 Å². The first-order chi connectivity index (χ1) is 10.0. The van der Waals surface area contributed by atoms with E-state index in [4.69, 9.17) is 4.52 Å². The Morgan fingerprint density at radius 1 is 1.29 bits per heavy atom. The van der Waals surface area contributed by atoms with Crippen molar-refractivity contribution in [1.29, 1.82) is 0 Å². The zero-order valence-corrected chi connectivity index (χ0v) is 12.9. The molecule has 21 heavy (non-hydrogen) atoms. The number of nitrogens with one attached hydrogen (secondary N) is 1. The molecule has 0 saturated heterocycles. The Labute approximate surface area is 125 Å². The van der Waals surface area contributed by atoms with Gasteiger partial charge >= 0.3 is 0 Å². The third kappa shape index (κ3) is 2.19. The van der Waals surface area contributed by atoms with Crippen molar-refractivity contribution in [2.24, 2.45) is 23.2 Å². The average Bonchev–Trinajstić information content (AvgIpc) is 2.84. The highest BCUT2D eigenvalue weighted by atomic mass is 16.5. The molecule has 0 aliphatic heterocycles. The van der Waals surface area contributed by atoms with Gasteiger partial charge in [-0.2, -0.15) is 0 Å². The van der Waals surface area contributed by atoms with Crippen molar-refractivity contribution >= 4 is 5.91 Å². The van der Waals surface area contributed by atoms with Crippen LogP contribution in [-0.4, -0.2) is 17.1 Å². The minimum absolute atomic E-state index is 0.0879. The third-order valence-corrected chi connectivity index (χ3v) is 6.21. The first-order valence-electron chi connectivity index (χ1n) is 8.28. The molecular formula is C17H24N2O2. The van der Waals surface area contributed by atoms with Gasteiger partial charge in [0.15, 0.2) is 5.69 Å². The molecule has 0 radical (unpaired) electrons. The van der Waals surface area contributed by atoms with Gasteiger partial charge in [0.05, 0.1) is 0 Å². The summed E-state index contributed by atoms with van der Waals surface area (Å²) in [6.07, 6.45) is 8.21. The predicted molar refractivity (Wildman–Crippen MR) is 78.8 cm³/mol. The number of amides is 1. The maximum absolute atomic E-state index is 12.3. The summed E-state index contributed by atoms with van der Waals surface area (Å²) in [5.74, 6) is 3.32. The molecular weight excluding hydrogens is 264 g/mol. The molecule has 1 aromatic rings. The van der Waals surface area contributed by atoms with E-state index in [1.54, 1.807) is 6.07 Å². The van der Waals surface area contributed by atoms with E-state index in [-0.39, 0.29) is 11.9 Å². The molecule has 4 heteroatoms. The maximum atomic E-state index is 12.3. The van der Waals surface area contributed by atoms with E-state index in [2.05, 4.69) is 17.4 Å². The quantitative estimate of drug-likeness (QED) is 0.928. The molecule has 0 aromatic carbocycles. The van der Waals surface area contributed by atoms with E-state index in [9.17, 15) is 4.79 Å². The zero-order chi connectivity index (χ0) is 14.6. The molecule has 1 atom stereocenters. The van der Waals surface area contributed by atoms with Crippen LogP contribution in [0.3, 0.4) is 0 Å². The van der Waals surface area contributed by atoms with Gasteiger partial charge in [0.1, 0.15) is 5.76 Å². The first kappa shape index (κ1) is 13.4. The standard InChI is InChI=1S/C17H24N2O2/c1-10-3-15(19-21-10)16(20)18-11(2)17-7-12-4-13(8-17)6-14(5-12)9-17/h3,11-14H,4-9H2,1-2H3,(H,18,20)/t11-,12?,13?,14?,17?/m0/s1. The normalized spacial score (nSPS) is 38.5. The largest absolute Gasteiger partial charge is 0.361 e. The molecule has 114 valence electrons. The molecule has 1 heterocycles. The second-order valence-electron chi connectivity index (χ2n) is 7.80. The number of aromatic nitrogens is 1. The second kappa shape index (κ2) is 4.59. The predicted octanol–water partition coefficient (Wildman–Crippen LogP) is 3.32. The van der Waals surface area contributed by atoms with Gasteiger partial charge in [-0.25, -0.2) is 0 Å². The van der Waals surface area contributed by atoms with Crippen LogP contribution in [-0.2, 0) is 0 Å². The van der Waals surface area contributed by atoms with Crippen molar-refractivity contribution in [2.75, 3.05) is 0 Å². The summed E-state index contributed by atoms with van der Waals surface area (Å²) in [7, 11) is 0. The van der Waals surface area contributed by atoms with Crippen LogP contribution in [0.5, 0.6) is 0 Å². The summed E-state index contributed by atoms with van der Waals surface area (Å²) >= 11 is 0. The van der Waals surface area contributed by atoms with Crippen molar-refractivity contribution in [1.82, 2.24) is 10.5 Å². The SMILES string of the molecule is Cc1cc(C(=O)N[C@@H](C)C23CC4CC(CC(C4)C2)C3)no1. The van der Waals surface area contributed by atoms with Crippen molar-refractivity contribution in [3.05, 3.63) is 17.5 Å². The van der Waals surface area contributed by atoms with Crippen molar-refractivity contribution < 1.29 is 9.32 Å². The molecule has 0 spiro atoms. The van der Waals surface area contributed by atoms with Crippen LogP contribution in [0.15, 0.2) is 10.6 Å². The van der Waals surface area contributed by atoms with Crippen LogP contribution >= 0.6 is 0 Å². The molecule has 0 unspecified atom stereocenters. The van der Waals surface area contributed by atoms with Crippen LogP contribution in [0.2, 0.25) is 0 Å². The molecule has 4 fully saturated rings. The Balaban J connectivity index is 1.50. The Morgan fingerprint density at radius 2 is 1.86 bits per heavy atom. The van der Waals surface area contributed by atoms with Crippen molar-refractivity contribution in [2.45, 2.75) is 58.4 Å². The van der Waals surface area contributed by atoms with Crippen molar-refractivity contribution in [3.8, 4) is 0 Å². The van der Waals surface area contributed by atoms with Gasteiger partial charge in [0.25, 0.3) is 5.91 Å². The number of nitrogens with zero attached hydrogens (tertiary/aromatic N) is 1. The summed E-state index contributed by atoms with van der Waals surface area (Å²) in [4.78, 5) is 12.3. The van der Waals surface area contributed by atoms with Crippen molar-refractivity contribution in [3.63, 3.8) is 0 Å². The highest BCUT2D eigenvalue weighted by molar-refractivity contribution is 5.92. The van der Waals surface area contributed by atoms with E-state index in [1.165, 1.54) is 38.5 Å². The summed E-state index contributed by atoms with van der Waals surface area (Å²) in [5.41, 5.74) is 0.743. The Bertz CT molecular complexity index is 528. The summed E-state index contributed by atoms with van der Waals surface area (Å²) < 4.78 is 5.01. The minimum Gasteiger partial charge on any atom is -0.361 e. The Morgan fingerprint density at radius 3 is 2.33 bits per heavy atom. The monoisotopic (exact) mass is 288 g/mol. The van der Waals surface area contributed by atoms with Gasteiger partial charge in [0, 0.05) is 12.1 Å². The molecule has 1 N–H and O–H groups in total. The molecule has 4 aliphatic carbocycles. The molecule has 4 nitrogen and oxygen atoms in total. The fourth-order valence-corrected chi connectivity index (χ4v) is 5.61. The van der Waals surface area contributed by atoms with E-state index in [0.717, 1.165) is 17.8 Å². The summed E-state index contributed by atoms with van der Waals surface area (Å²) in [6.45, 7) is 4.00. The van der Waals surface area contributed by atoms with E-state index in [1.807, 2.05) is 6.92 Å². The number of hydrogen-bond donors (Lipinski definition) is 1. The highest BCUT2D eigenvalue weighted by Gasteiger charge is 2.53. The van der Waals surface area contributed by atoms with Crippen LogP contribution < -0.4 is 5.32 Å². The van der Waals surface area contributed by atoms with Gasteiger partial charge in [0.2, 0.25) is 0 Å². The lowest BCUT2D eigenvalue weighted by Crippen LogP contribution is -2.55. The van der Waals surface area contributed by atoms with E-state index < -0.39 is 0 Å².